The molecule has 1 saturated carbocycles. The van der Waals surface area contributed by atoms with Gasteiger partial charge in [-0.15, -0.1) is 0 Å². The minimum Gasteiger partial charge on any atom is -0.383 e. The molecule has 0 aromatic carbocycles. The Morgan fingerprint density at radius 2 is 2.27 bits per heavy atom. The van der Waals surface area contributed by atoms with E-state index in [1.807, 2.05) is 6.07 Å². The van der Waals surface area contributed by atoms with Gasteiger partial charge in [-0.3, -0.25) is 14.3 Å². The highest BCUT2D eigenvalue weighted by Crippen LogP contribution is 2.40. The summed E-state index contributed by atoms with van der Waals surface area (Å²) in [6.45, 7) is 3.92. The van der Waals surface area contributed by atoms with E-state index in [0.717, 1.165) is 12.1 Å². The zero-order valence-corrected chi connectivity index (χ0v) is 13.0. The third kappa shape index (κ3) is 2.85. The van der Waals surface area contributed by atoms with Crippen molar-refractivity contribution < 1.29 is 14.3 Å². The molecule has 2 heterocycles. The van der Waals surface area contributed by atoms with Crippen LogP contribution in [0, 0.1) is 11.8 Å². The molecule has 22 heavy (non-hydrogen) atoms. The van der Waals surface area contributed by atoms with Crippen molar-refractivity contribution in [3.8, 4) is 0 Å². The van der Waals surface area contributed by atoms with Crippen molar-refractivity contribution in [1.82, 2.24) is 20.0 Å². The number of hydrogen-bond acceptors (Lipinski definition) is 4. The summed E-state index contributed by atoms with van der Waals surface area (Å²) in [6, 6.07) is 1.40. The summed E-state index contributed by atoms with van der Waals surface area (Å²) in [5.41, 5.74) is 0.903. The lowest BCUT2D eigenvalue weighted by molar-refractivity contribution is -0.137. The zero-order chi connectivity index (χ0) is 15.7. The zero-order valence-electron chi connectivity index (χ0n) is 13.0. The Labute approximate surface area is 129 Å². The number of ether oxygens (including phenoxy) is 1. The van der Waals surface area contributed by atoms with E-state index in [2.05, 4.69) is 17.3 Å². The monoisotopic (exact) mass is 306 g/mol. The first-order chi connectivity index (χ1) is 10.6. The van der Waals surface area contributed by atoms with Gasteiger partial charge in [0.05, 0.1) is 25.4 Å². The average molecular weight is 306 g/mol. The van der Waals surface area contributed by atoms with Crippen LogP contribution in [0.15, 0.2) is 12.3 Å². The van der Waals surface area contributed by atoms with Gasteiger partial charge in [-0.2, -0.15) is 5.10 Å². The number of fused-ring (bicyclic) bond motifs is 1. The maximum atomic E-state index is 12.5. The van der Waals surface area contributed by atoms with E-state index in [-0.39, 0.29) is 17.7 Å². The maximum Gasteiger partial charge on any atom is 0.246 e. The van der Waals surface area contributed by atoms with Gasteiger partial charge in [0.2, 0.25) is 11.8 Å². The van der Waals surface area contributed by atoms with Gasteiger partial charge < -0.3 is 15.0 Å². The average Bonchev–Trinajstić information content (AvgIpc) is 3.05. The second kappa shape index (κ2) is 6.08. The number of rotatable bonds is 5. The Morgan fingerprint density at radius 1 is 1.50 bits per heavy atom. The quantitative estimate of drug-likeness (QED) is 0.788. The standard InChI is InChI=1S/C15H22N4O3/c1-10-7-12(10)15(21)18-8-11-3-4-17-19(11)13(9-18)14(20)16-5-6-22-2/h3-4,10,12-13H,5-9H2,1-2H3,(H,16,20)/t10-,12+,13-/m0/s1. The van der Waals surface area contributed by atoms with Crippen LogP contribution in [0.3, 0.4) is 0 Å². The molecule has 1 fully saturated rings. The summed E-state index contributed by atoms with van der Waals surface area (Å²) in [5.74, 6) is 0.637. The highest BCUT2D eigenvalue weighted by atomic mass is 16.5. The molecule has 0 radical (unpaired) electrons. The van der Waals surface area contributed by atoms with E-state index >= 15 is 0 Å². The minimum absolute atomic E-state index is 0.122. The fraction of sp³-hybridized carbons (Fsp3) is 0.667. The van der Waals surface area contributed by atoms with Gasteiger partial charge in [0.25, 0.3) is 0 Å². The molecule has 2 aliphatic rings. The Balaban J connectivity index is 1.72. The molecular weight excluding hydrogens is 284 g/mol. The normalized spacial score (nSPS) is 26.5. The first-order valence-corrected chi connectivity index (χ1v) is 7.69. The Morgan fingerprint density at radius 3 is 2.95 bits per heavy atom. The summed E-state index contributed by atoms with van der Waals surface area (Å²) in [6.07, 6.45) is 2.64. The Hall–Kier alpha value is -1.89. The lowest BCUT2D eigenvalue weighted by Crippen LogP contribution is -2.48. The predicted molar refractivity (Wildman–Crippen MR) is 78.8 cm³/mol. The van der Waals surface area contributed by atoms with E-state index < -0.39 is 6.04 Å². The SMILES string of the molecule is COCCNC(=O)[C@@H]1CN(C(=O)[C@@H]2C[C@@H]2C)Cc2ccnn21. The summed E-state index contributed by atoms with van der Waals surface area (Å²) in [4.78, 5) is 26.7. The van der Waals surface area contributed by atoms with E-state index in [1.54, 1.807) is 22.9 Å². The van der Waals surface area contributed by atoms with Crippen molar-refractivity contribution in [3.63, 3.8) is 0 Å². The smallest absolute Gasteiger partial charge is 0.246 e. The fourth-order valence-corrected chi connectivity index (χ4v) is 2.95. The van der Waals surface area contributed by atoms with Crippen molar-refractivity contribution in [2.45, 2.75) is 25.9 Å². The number of carbonyl (C=O) groups excluding carboxylic acids is 2. The lowest BCUT2D eigenvalue weighted by atomic mass is 10.1. The third-order valence-electron chi connectivity index (χ3n) is 4.44. The molecule has 2 amide bonds. The number of methoxy groups -OCH3 is 1. The van der Waals surface area contributed by atoms with Crippen molar-refractivity contribution in [2.75, 3.05) is 26.8 Å². The van der Waals surface area contributed by atoms with Crippen LogP contribution >= 0.6 is 0 Å². The third-order valence-corrected chi connectivity index (χ3v) is 4.44. The van der Waals surface area contributed by atoms with Crippen LogP contribution in [0.2, 0.25) is 0 Å². The lowest BCUT2D eigenvalue weighted by Gasteiger charge is -2.33. The van der Waals surface area contributed by atoms with Crippen LogP contribution in [-0.4, -0.2) is 53.3 Å². The van der Waals surface area contributed by atoms with Crippen molar-refractivity contribution >= 4 is 11.8 Å². The number of nitrogens with one attached hydrogen (secondary N) is 1. The van der Waals surface area contributed by atoms with Gasteiger partial charge in [-0.05, 0) is 18.4 Å². The molecule has 3 rings (SSSR count). The van der Waals surface area contributed by atoms with Crippen LogP contribution in [0.5, 0.6) is 0 Å². The number of aromatic nitrogens is 2. The van der Waals surface area contributed by atoms with Gasteiger partial charge in [0.1, 0.15) is 6.04 Å². The van der Waals surface area contributed by atoms with Crippen molar-refractivity contribution in [3.05, 3.63) is 18.0 Å². The predicted octanol–water partition coefficient (Wildman–Crippen LogP) is 0.185. The van der Waals surface area contributed by atoms with E-state index in [1.165, 1.54) is 0 Å². The summed E-state index contributed by atoms with van der Waals surface area (Å²) >= 11 is 0. The molecule has 120 valence electrons. The molecule has 1 N–H and O–H groups in total. The van der Waals surface area contributed by atoms with Crippen LogP contribution in [-0.2, 0) is 20.9 Å². The van der Waals surface area contributed by atoms with Gasteiger partial charge in [0, 0.05) is 25.8 Å². The first kappa shape index (κ1) is 15.0. The van der Waals surface area contributed by atoms with Crippen LogP contribution in [0.1, 0.15) is 25.1 Å². The van der Waals surface area contributed by atoms with Crippen LogP contribution < -0.4 is 5.32 Å². The fourth-order valence-electron chi connectivity index (χ4n) is 2.95. The molecule has 7 heteroatoms. The molecule has 0 saturated heterocycles. The van der Waals surface area contributed by atoms with E-state index in [4.69, 9.17) is 4.74 Å². The first-order valence-electron chi connectivity index (χ1n) is 7.69. The van der Waals surface area contributed by atoms with Gasteiger partial charge in [-0.25, -0.2) is 0 Å². The molecule has 1 aromatic rings. The molecule has 1 aliphatic carbocycles. The highest BCUT2D eigenvalue weighted by Gasteiger charge is 2.43. The highest BCUT2D eigenvalue weighted by molar-refractivity contribution is 5.84. The van der Waals surface area contributed by atoms with E-state index in [9.17, 15) is 9.59 Å². The summed E-state index contributed by atoms with van der Waals surface area (Å²) in [5, 5.41) is 7.08. The molecule has 0 bridgehead atoms. The summed E-state index contributed by atoms with van der Waals surface area (Å²) < 4.78 is 6.67. The van der Waals surface area contributed by atoms with Crippen LogP contribution in [0.25, 0.3) is 0 Å². The maximum absolute atomic E-state index is 12.5. The molecule has 1 aromatic heterocycles. The Bertz CT molecular complexity index is 571. The molecule has 0 unspecified atom stereocenters. The minimum atomic E-state index is -0.464. The van der Waals surface area contributed by atoms with Crippen molar-refractivity contribution in [1.29, 1.82) is 0 Å². The Kier molecular flexibility index (Phi) is 4.15. The molecule has 7 nitrogen and oxygen atoms in total. The second-order valence-electron chi connectivity index (χ2n) is 6.10. The molecule has 0 spiro atoms. The molecular formula is C15H22N4O3. The van der Waals surface area contributed by atoms with Crippen LogP contribution in [0.4, 0.5) is 0 Å². The second-order valence-corrected chi connectivity index (χ2v) is 6.10. The molecule has 3 atom stereocenters. The van der Waals surface area contributed by atoms with Gasteiger partial charge >= 0.3 is 0 Å². The van der Waals surface area contributed by atoms with E-state index in [0.29, 0.717) is 32.2 Å². The largest absolute Gasteiger partial charge is 0.383 e. The topological polar surface area (TPSA) is 76.5 Å². The molecule has 1 aliphatic heterocycles. The number of carbonyl (C=O) groups is 2. The number of hydrogen-bond donors (Lipinski definition) is 1. The number of amides is 2. The van der Waals surface area contributed by atoms with Gasteiger partial charge in [0.15, 0.2) is 0 Å². The summed E-state index contributed by atoms with van der Waals surface area (Å²) in [7, 11) is 1.59. The van der Waals surface area contributed by atoms with Crippen molar-refractivity contribution in [2.24, 2.45) is 11.8 Å². The van der Waals surface area contributed by atoms with Gasteiger partial charge in [-0.1, -0.05) is 6.92 Å². The number of nitrogens with zero attached hydrogens (tertiary/aromatic N) is 3.